The normalized spacial score (nSPS) is 24.1. The number of aromatic hydroxyl groups is 2. The topological polar surface area (TPSA) is 94.8 Å². The molecule has 3 N–H and O–H groups in total. The van der Waals surface area contributed by atoms with Crippen molar-refractivity contribution >= 4 is 46.4 Å². The molecule has 0 saturated carbocycles. The Balaban J connectivity index is 2.35. The standard InChI is InChI=1S/C26H33Cl3O5/c1-14(2)16(9-7-15(3)8-10-20(27)24(4,5)28)13-26(34)22(32)18-11-17(30)12-19(31)21(18)23(33)25(26,6)29/h7,11-12,20,30-31,34H,8-10,13H2,1-6H3/b15-7+/t20-,25-,26-/m1/s1. The van der Waals surface area contributed by atoms with Crippen LogP contribution in [0, 0.1) is 0 Å². The fourth-order valence-corrected chi connectivity index (χ4v) is 4.46. The third kappa shape index (κ3) is 5.64. The molecule has 0 bridgehead atoms. The third-order valence-corrected chi connectivity index (χ3v) is 8.19. The number of hydrogen-bond donors (Lipinski definition) is 3. The number of carbonyl (C=O) groups is 2. The Hall–Kier alpha value is -1.53. The van der Waals surface area contributed by atoms with Crippen molar-refractivity contribution in [1.29, 1.82) is 0 Å². The van der Waals surface area contributed by atoms with E-state index in [2.05, 4.69) is 0 Å². The number of alkyl halides is 3. The van der Waals surface area contributed by atoms with Crippen LogP contribution in [0.1, 0.15) is 87.9 Å². The highest BCUT2D eigenvalue weighted by molar-refractivity contribution is 6.44. The minimum atomic E-state index is -2.27. The maximum atomic E-state index is 13.4. The molecule has 0 radical (unpaired) electrons. The minimum absolute atomic E-state index is 0.174. The molecule has 0 amide bonds. The van der Waals surface area contributed by atoms with E-state index in [0.717, 1.165) is 35.3 Å². The number of halogens is 3. The van der Waals surface area contributed by atoms with Crippen molar-refractivity contribution in [1.82, 2.24) is 0 Å². The Labute approximate surface area is 216 Å². The van der Waals surface area contributed by atoms with Crippen molar-refractivity contribution in [3.05, 3.63) is 46.1 Å². The molecule has 34 heavy (non-hydrogen) atoms. The lowest BCUT2D eigenvalue weighted by Crippen LogP contribution is -2.62. The monoisotopic (exact) mass is 530 g/mol. The highest BCUT2D eigenvalue weighted by Crippen LogP contribution is 2.47. The number of benzene rings is 1. The Morgan fingerprint density at radius 2 is 1.74 bits per heavy atom. The van der Waals surface area contributed by atoms with Crippen LogP contribution in [0.15, 0.2) is 34.9 Å². The predicted octanol–water partition coefficient (Wildman–Crippen LogP) is 6.67. The fourth-order valence-electron chi connectivity index (χ4n) is 3.99. The van der Waals surface area contributed by atoms with Gasteiger partial charge in [-0.05, 0) is 66.9 Å². The number of rotatable bonds is 8. The molecule has 0 aliphatic heterocycles. The second-order valence-corrected chi connectivity index (χ2v) is 12.3. The second kappa shape index (κ2) is 10.2. The van der Waals surface area contributed by atoms with E-state index in [0.29, 0.717) is 12.8 Å². The van der Waals surface area contributed by atoms with Gasteiger partial charge in [0.15, 0.2) is 17.2 Å². The van der Waals surface area contributed by atoms with Crippen LogP contribution >= 0.6 is 34.8 Å². The molecule has 0 fully saturated rings. The summed E-state index contributed by atoms with van der Waals surface area (Å²) in [5, 5.41) is 31.4. The molecule has 0 saturated heterocycles. The Kier molecular flexibility index (Phi) is 8.63. The Bertz CT molecular complexity index is 1050. The highest BCUT2D eigenvalue weighted by atomic mass is 35.5. The van der Waals surface area contributed by atoms with E-state index in [1.807, 2.05) is 40.7 Å². The first-order chi connectivity index (χ1) is 15.4. The van der Waals surface area contributed by atoms with Gasteiger partial charge in [-0.2, -0.15) is 0 Å². The first-order valence-electron chi connectivity index (χ1n) is 11.1. The number of ketones is 2. The number of carbonyl (C=O) groups excluding carboxylic acids is 2. The molecule has 5 nitrogen and oxygen atoms in total. The number of Topliss-reactive ketones (excluding diaryl/α,β-unsaturated/α-hetero) is 2. The van der Waals surface area contributed by atoms with E-state index in [1.54, 1.807) is 0 Å². The van der Waals surface area contributed by atoms with E-state index in [-0.39, 0.29) is 22.9 Å². The molecule has 0 heterocycles. The molecule has 188 valence electrons. The van der Waals surface area contributed by atoms with Gasteiger partial charge in [-0.1, -0.05) is 22.8 Å². The van der Waals surface area contributed by atoms with Crippen LogP contribution in [-0.2, 0) is 0 Å². The molecule has 1 aliphatic carbocycles. The van der Waals surface area contributed by atoms with E-state index in [4.69, 9.17) is 34.8 Å². The van der Waals surface area contributed by atoms with Gasteiger partial charge in [0.25, 0.3) is 0 Å². The molecule has 0 aromatic heterocycles. The number of fused-ring (bicyclic) bond motifs is 1. The lowest BCUT2D eigenvalue weighted by Gasteiger charge is -2.43. The molecule has 3 atom stereocenters. The summed E-state index contributed by atoms with van der Waals surface area (Å²) in [4.78, 5) is 24.0. The maximum absolute atomic E-state index is 13.4. The highest BCUT2D eigenvalue weighted by Gasteiger charge is 2.61. The quantitative estimate of drug-likeness (QED) is 0.257. The summed E-state index contributed by atoms with van der Waals surface area (Å²) in [7, 11) is 0. The van der Waals surface area contributed by atoms with Crippen molar-refractivity contribution in [3.8, 4) is 11.5 Å². The van der Waals surface area contributed by atoms with E-state index in [1.165, 1.54) is 6.92 Å². The van der Waals surface area contributed by atoms with Gasteiger partial charge in [0, 0.05) is 18.1 Å². The van der Waals surface area contributed by atoms with Crippen molar-refractivity contribution in [2.75, 3.05) is 0 Å². The maximum Gasteiger partial charge on any atom is 0.197 e. The van der Waals surface area contributed by atoms with Gasteiger partial charge in [-0.3, -0.25) is 9.59 Å². The average Bonchev–Trinajstić information content (AvgIpc) is 2.71. The van der Waals surface area contributed by atoms with Crippen molar-refractivity contribution < 1.29 is 24.9 Å². The third-order valence-electron chi connectivity index (χ3n) is 6.56. The summed E-state index contributed by atoms with van der Waals surface area (Å²) in [6, 6.07) is 2.03. The molecule has 0 unspecified atom stereocenters. The molecular formula is C26H33Cl3O5. The summed E-state index contributed by atoms with van der Waals surface area (Å²) < 4.78 is 0. The van der Waals surface area contributed by atoms with Crippen LogP contribution in [0.2, 0.25) is 0 Å². The second-order valence-electron chi connectivity index (χ2n) is 10.0. The largest absolute Gasteiger partial charge is 0.508 e. The van der Waals surface area contributed by atoms with Gasteiger partial charge in [0.2, 0.25) is 0 Å². The molecule has 0 spiro atoms. The van der Waals surface area contributed by atoms with Gasteiger partial charge < -0.3 is 15.3 Å². The zero-order chi connectivity index (χ0) is 26.2. The number of aliphatic hydroxyl groups is 1. The lowest BCUT2D eigenvalue weighted by atomic mass is 9.67. The van der Waals surface area contributed by atoms with Crippen molar-refractivity contribution in [2.45, 2.75) is 88.0 Å². The van der Waals surface area contributed by atoms with Crippen LogP contribution in [0.5, 0.6) is 11.5 Å². The molecule has 2 rings (SSSR count). The lowest BCUT2D eigenvalue weighted by molar-refractivity contribution is 0.00875. The van der Waals surface area contributed by atoms with Gasteiger partial charge in [0.1, 0.15) is 16.4 Å². The van der Waals surface area contributed by atoms with Crippen LogP contribution in [0.3, 0.4) is 0 Å². The number of hydrogen-bond acceptors (Lipinski definition) is 5. The van der Waals surface area contributed by atoms with Gasteiger partial charge >= 0.3 is 0 Å². The summed E-state index contributed by atoms with van der Waals surface area (Å²) in [5.74, 6) is -2.54. The summed E-state index contributed by atoms with van der Waals surface area (Å²) in [6.07, 6.45) is 3.71. The first-order valence-corrected chi connectivity index (χ1v) is 12.3. The zero-order valence-electron chi connectivity index (χ0n) is 20.4. The Morgan fingerprint density at radius 1 is 1.15 bits per heavy atom. The van der Waals surface area contributed by atoms with Crippen molar-refractivity contribution in [3.63, 3.8) is 0 Å². The molecular weight excluding hydrogens is 499 g/mol. The summed E-state index contributed by atoms with van der Waals surface area (Å²) >= 11 is 19.2. The predicted molar refractivity (Wildman–Crippen MR) is 138 cm³/mol. The number of phenols is 2. The average molecular weight is 532 g/mol. The number of allylic oxidation sites excluding steroid dienone is 3. The fraction of sp³-hybridized carbons (Fsp3) is 0.538. The first kappa shape index (κ1) is 28.7. The van der Waals surface area contributed by atoms with Crippen LogP contribution < -0.4 is 0 Å². The Morgan fingerprint density at radius 3 is 2.26 bits per heavy atom. The zero-order valence-corrected chi connectivity index (χ0v) is 22.7. The molecule has 8 heteroatoms. The van der Waals surface area contributed by atoms with Crippen molar-refractivity contribution in [2.24, 2.45) is 0 Å². The van der Waals surface area contributed by atoms with E-state index in [9.17, 15) is 24.9 Å². The van der Waals surface area contributed by atoms with Gasteiger partial charge in [-0.25, -0.2) is 0 Å². The van der Waals surface area contributed by atoms with E-state index >= 15 is 0 Å². The van der Waals surface area contributed by atoms with Gasteiger partial charge in [0.05, 0.1) is 15.8 Å². The smallest absolute Gasteiger partial charge is 0.197 e. The molecule has 1 aromatic rings. The summed E-state index contributed by atoms with van der Waals surface area (Å²) in [6.45, 7) is 10.7. The number of phenolic OH excluding ortho intramolecular Hbond substituents is 2. The molecule has 1 aromatic carbocycles. The van der Waals surface area contributed by atoms with E-state index < -0.39 is 38.4 Å². The molecule has 1 aliphatic rings. The van der Waals surface area contributed by atoms with Crippen LogP contribution in [0.4, 0.5) is 0 Å². The van der Waals surface area contributed by atoms with Gasteiger partial charge in [-0.15, -0.1) is 34.8 Å². The minimum Gasteiger partial charge on any atom is -0.508 e. The van der Waals surface area contributed by atoms with Crippen LogP contribution in [0.25, 0.3) is 0 Å². The summed E-state index contributed by atoms with van der Waals surface area (Å²) in [5.41, 5.74) is -0.0965. The van der Waals surface area contributed by atoms with Crippen LogP contribution in [-0.4, -0.2) is 47.6 Å². The SMILES string of the molecule is CC(C)=C(C/C=C(\C)CC[C@@H](Cl)C(C)(C)Cl)C[C@@]1(O)C(=O)c2cc(O)cc(O)c2C(=O)[C@@]1(C)Cl.